The number of halogens is 4. The van der Waals surface area contributed by atoms with Gasteiger partial charge in [0.15, 0.2) is 0 Å². The first kappa shape index (κ1) is 15.0. The largest absolute Gasteiger partial charge is 0.480 e. The van der Waals surface area contributed by atoms with E-state index in [-0.39, 0.29) is 11.1 Å². The summed E-state index contributed by atoms with van der Waals surface area (Å²) in [7, 11) is 0. The minimum absolute atomic E-state index is 0.0652. The lowest BCUT2D eigenvalue weighted by molar-refractivity contribution is -0.140. The lowest BCUT2D eigenvalue weighted by Gasteiger charge is -2.11. The second-order valence-electron chi connectivity index (χ2n) is 4.41. The highest BCUT2D eigenvalue weighted by Gasteiger charge is 2.34. The van der Waals surface area contributed by atoms with Crippen LogP contribution in [0.2, 0.25) is 0 Å². The van der Waals surface area contributed by atoms with E-state index in [0.717, 1.165) is 23.0 Å². The quantitative estimate of drug-likeness (QED) is 0.885. The van der Waals surface area contributed by atoms with Crippen molar-refractivity contribution < 1.29 is 27.5 Å². The molecule has 0 bridgehead atoms. The van der Waals surface area contributed by atoms with Gasteiger partial charge in [0.05, 0.1) is 11.8 Å². The molecule has 21 heavy (non-hydrogen) atoms. The van der Waals surface area contributed by atoms with Gasteiger partial charge in [-0.3, -0.25) is 4.68 Å². The van der Waals surface area contributed by atoms with Crippen molar-refractivity contribution in [1.29, 1.82) is 0 Å². The number of aromatic nitrogens is 2. The van der Waals surface area contributed by atoms with Crippen LogP contribution in [0.4, 0.5) is 17.6 Å². The molecular weight excluding hydrogens is 292 g/mol. The van der Waals surface area contributed by atoms with E-state index < -0.39 is 29.6 Å². The van der Waals surface area contributed by atoms with Crippen LogP contribution >= 0.6 is 0 Å². The summed E-state index contributed by atoms with van der Waals surface area (Å²) < 4.78 is 52.8. The maximum atomic E-state index is 13.0. The van der Waals surface area contributed by atoms with Crippen molar-refractivity contribution in [3.8, 4) is 11.1 Å². The van der Waals surface area contributed by atoms with E-state index in [0.29, 0.717) is 6.07 Å². The second-order valence-corrected chi connectivity index (χ2v) is 4.41. The maximum Gasteiger partial charge on any atom is 0.417 e. The number of benzene rings is 1. The van der Waals surface area contributed by atoms with Crippen LogP contribution in [-0.2, 0) is 11.0 Å². The Morgan fingerprint density at radius 2 is 2.05 bits per heavy atom. The van der Waals surface area contributed by atoms with Crippen LogP contribution in [0.25, 0.3) is 11.1 Å². The summed E-state index contributed by atoms with van der Waals surface area (Å²) in [5, 5.41) is 12.6. The summed E-state index contributed by atoms with van der Waals surface area (Å²) >= 11 is 0. The van der Waals surface area contributed by atoms with E-state index in [1.807, 2.05) is 0 Å². The molecule has 1 aromatic carbocycles. The molecule has 0 aliphatic carbocycles. The molecule has 112 valence electrons. The molecule has 1 aromatic heterocycles. The summed E-state index contributed by atoms with van der Waals surface area (Å²) in [6.45, 7) is 1.34. The van der Waals surface area contributed by atoms with Crippen molar-refractivity contribution in [1.82, 2.24) is 9.78 Å². The molecule has 1 heterocycles. The molecule has 0 amide bonds. The predicted molar refractivity (Wildman–Crippen MR) is 65.0 cm³/mol. The molecule has 8 heteroatoms. The molecule has 0 aliphatic heterocycles. The molecule has 0 unspecified atom stereocenters. The SMILES string of the molecule is C[C@H](C(=O)O)n1cc(-c2ccc(F)cc2C(F)(F)F)cn1. The Balaban J connectivity index is 2.50. The van der Waals surface area contributed by atoms with Crippen molar-refractivity contribution >= 4 is 5.97 Å². The molecule has 4 nitrogen and oxygen atoms in total. The molecule has 0 spiro atoms. The smallest absolute Gasteiger partial charge is 0.417 e. The third kappa shape index (κ3) is 3.04. The minimum Gasteiger partial charge on any atom is -0.480 e. The fourth-order valence-electron chi connectivity index (χ4n) is 1.80. The van der Waals surface area contributed by atoms with E-state index in [4.69, 9.17) is 5.11 Å². The summed E-state index contributed by atoms with van der Waals surface area (Å²) in [5.41, 5.74) is -1.33. The number of alkyl halides is 3. The van der Waals surface area contributed by atoms with Crippen LogP contribution in [0.5, 0.6) is 0 Å². The van der Waals surface area contributed by atoms with Gasteiger partial charge in [0.25, 0.3) is 0 Å². The maximum absolute atomic E-state index is 13.0. The Kier molecular flexibility index (Phi) is 3.71. The highest BCUT2D eigenvalue weighted by Crippen LogP contribution is 2.37. The monoisotopic (exact) mass is 302 g/mol. The van der Waals surface area contributed by atoms with E-state index >= 15 is 0 Å². The lowest BCUT2D eigenvalue weighted by atomic mass is 10.0. The molecule has 0 fully saturated rings. The third-order valence-electron chi connectivity index (χ3n) is 2.95. The molecule has 2 aromatic rings. The van der Waals surface area contributed by atoms with Gasteiger partial charge >= 0.3 is 12.1 Å². The first-order valence-corrected chi connectivity index (χ1v) is 5.84. The molecule has 0 aliphatic rings. The topological polar surface area (TPSA) is 55.1 Å². The summed E-state index contributed by atoms with van der Waals surface area (Å²) in [6.07, 6.45) is -2.43. The Morgan fingerprint density at radius 3 is 2.62 bits per heavy atom. The zero-order valence-electron chi connectivity index (χ0n) is 10.7. The van der Waals surface area contributed by atoms with Crippen molar-refractivity contribution in [3.63, 3.8) is 0 Å². The Hall–Kier alpha value is -2.38. The normalized spacial score (nSPS) is 13.2. The van der Waals surface area contributed by atoms with Crippen LogP contribution in [0.3, 0.4) is 0 Å². The summed E-state index contributed by atoms with van der Waals surface area (Å²) in [5.74, 6) is -2.17. The molecule has 1 N–H and O–H groups in total. The van der Waals surface area contributed by atoms with E-state index in [1.165, 1.54) is 13.1 Å². The highest BCUT2D eigenvalue weighted by atomic mass is 19.4. The first-order valence-electron chi connectivity index (χ1n) is 5.84. The van der Waals surface area contributed by atoms with Crippen molar-refractivity contribution in [2.75, 3.05) is 0 Å². The van der Waals surface area contributed by atoms with Crippen LogP contribution in [0.15, 0.2) is 30.6 Å². The number of nitrogens with zero attached hydrogens (tertiary/aromatic N) is 2. The predicted octanol–water partition coefficient (Wildman–Crippen LogP) is 3.35. The fourth-order valence-corrected chi connectivity index (χ4v) is 1.80. The van der Waals surface area contributed by atoms with Gasteiger partial charge in [0.1, 0.15) is 11.9 Å². The molecule has 0 radical (unpaired) electrons. The number of aliphatic carboxylic acids is 1. The number of hydrogen-bond donors (Lipinski definition) is 1. The Bertz CT molecular complexity index is 679. The lowest BCUT2D eigenvalue weighted by Crippen LogP contribution is -2.15. The van der Waals surface area contributed by atoms with Crippen molar-refractivity contribution in [2.45, 2.75) is 19.1 Å². The van der Waals surface area contributed by atoms with Crippen molar-refractivity contribution in [3.05, 3.63) is 42.0 Å². The van der Waals surface area contributed by atoms with Crippen LogP contribution in [-0.4, -0.2) is 20.9 Å². The average Bonchev–Trinajstić information content (AvgIpc) is 2.86. The first-order chi connectivity index (χ1) is 9.70. The van der Waals surface area contributed by atoms with Gasteiger partial charge < -0.3 is 5.11 Å². The van der Waals surface area contributed by atoms with E-state index in [2.05, 4.69) is 5.10 Å². The number of hydrogen-bond acceptors (Lipinski definition) is 2. The number of rotatable bonds is 3. The van der Waals surface area contributed by atoms with Crippen LogP contribution < -0.4 is 0 Å². The van der Waals surface area contributed by atoms with Gasteiger partial charge in [-0.2, -0.15) is 18.3 Å². The summed E-state index contributed by atoms with van der Waals surface area (Å²) in [6, 6.07) is 1.27. The number of carboxylic acids is 1. The van der Waals surface area contributed by atoms with Crippen LogP contribution in [0.1, 0.15) is 18.5 Å². The van der Waals surface area contributed by atoms with E-state index in [9.17, 15) is 22.4 Å². The Morgan fingerprint density at radius 1 is 1.38 bits per heavy atom. The standard InChI is InChI=1S/C13H10F4N2O2/c1-7(12(20)21)19-6-8(5-18-19)10-3-2-9(14)4-11(10)13(15,16)17/h2-7H,1H3,(H,20,21)/t7-/m1/s1. The van der Waals surface area contributed by atoms with Crippen molar-refractivity contribution in [2.24, 2.45) is 0 Å². The average molecular weight is 302 g/mol. The van der Waals surface area contributed by atoms with Gasteiger partial charge in [-0.05, 0) is 24.6 Å². The second kappa shape index (κ2) is 5.19. The van der Waals surface area contributed by atoms with E-state index in [1.54, 1.807) is 0 Å². The third-order valence-corrected chi connectivity index (χ3v) is 2.95. The van der Waals surface area contributed by atoms with Gasteiger partial charge in [-0.25, -0.2) is 9.18 Å². The van der Waals surface area contributed by atoms with Gasteiger partial charge in [-0.15, -0.1) is 0 Å². The van der Waals surface area contributed by atoms with Gasteiger partial charge in [0, 0.05) is 11.8 Å². The van der Waals surface area contributed by atoms with Gasteiger partial charge in [-0.1, -0.05) is 6.07 Å². The Labute approximate surface area is 116 Å². The molecular formula is C13H10F4N2O2. The van der Waals surface area contributed by atoms with Gasteiger partial charge in [0.2, 0.25) is 0 Å². The summed E-state index contributed by atoms with van der Waals surface area (Å²) in [4.78, 5) is 10.8. The highest BCUT2D eigenvalue weighted by molar-refractivity contribution is 5.72. The molecule has 2 rings (SSSR count). The fraction of sp³-hybridized carbons (Fsp3) is 0.231. The molecule has 0 saturated heterocycles. The minimum atomic E-state index is -4.72. The molecule has 0 saturated carbocycles. The van der Waals surface area contributed by atoms with Crippen LogP contribution in [0, 0.1) is 5.82 Å². The zero-order valence-corrected chi connectivity index (χ0v) is 10.7. The number of carbonyl (C=O) groups is 1. The molecule has 1 atom stereocenters. The number of carboxylic acid groups (broad SMARTS) is 1. The zero-order chi connectivity index (χ0) is 15.8.